The molecule has 1 rings (SSSR count). The van der Waals surface area contributed by atoms with Crippen molar-refractivity contribution in [3.8, 4) is 0 Å². The van der Waals surface area contributed by atoms with Crippen LogP contribution in [0, 0.1) is 12.3 Å². The predicted molar refractivity (Wildman–Crippen MR) is 81.1 cm³/mol. The quantitative estimate of drug-likeness (QED) is 0.674. The topological polar surface area (TPSA) is 12.0 Å². The van der Waals surface area contributed by atoms with Gasteiger partial charge >= 0.3 is 0 Å². The Morgan fingerprint density at radius 2 is 1.94 bits per heavy atom. The van der Waals surface area contributed by atoms with Crippen molar-refractivity contribution in [2.24, 2.45) is 5.41 Å². The van der Waals surface area contributed by atoms with Crippen LogP contribution in [-0.4, -0.2) is 13.1 Å². The molecule has 0 aliphatic rings. The summed E-state index contributed by atoms with van der Waals surface area (Å²) in [6, 6.07) is 8.95. The van der Waals surface area contributed by atoms with Crippen molar-refractivity contribution in [2.45, 2.75) is 53.4 Å². The van der Waals surface area contributed by atoms with Gasteiger partial charge in [-0.05, 0) is 43.7 Å². The fraction of sp³-hybridized carbons (Fsp3) is 0.647. The highest BCUT2D eigenvalue weighted by Crippen LogP contribution is 2.27. The molecule has 102 valence electrons. The Bertz CT molecular complexity index is 345. The van der Waals surface area contributed by atoms with E-state index in [1.165, 1.54) is 36.8 Å². The van der Waals surface area contributed by atoms with Gasteiger partial charge in [0.25, 0.3) is 0 Å². The molecule has 0 aromatic heterocycles. The maximum Gasteiger partial charge on any atom is 0.000834 e. The lowest BCUT2D eigenvalue weighted by Gasteiger charge is -2.30. The first-order chi connectivity index (χ1) is 8.59. The molecule has 18 heavy (non-hydrogen) atoms. The molecular weight excluding hydrogens is 218 g/mol. The van der Waals surface area contributed by atoms with Crippen molar-refractivity contribution < 1.29 is 0 Å². The number of benzene rings is 1. The van der Waals surface area contributed by atoms with E-state index >= 15 is 0 Å². The summed E-state index contributed by atoms with van der Waals surface area (Å²) < 4.78 is 0. The van der Waals surface area contributed by atoms with Crippen LogP contribution in [0.25, 0.3) is 0 Å². The molecule has 0 saturated carbocycles. The first kappa shape index (κ1) is 15.2. The Morgan fingerprint density at radius 3 is 2.56 bits per heavy atom. The molecular formula is C17H29N. The lowest BCUT2D eigenvalue weighted by Crippen LogP contribution is -2.34. The molecule has 0 radical (unpaired) electrons. The zero-order valence-corrected chi connectivity index (χ0v) is 12.6. The van der Waals surface area contributed by atoms with E-state index in [0.29, 0.717) is 5.41 Å². The van der Waals surface area contributed by atoms with E-state index < -0.39 is 0 Å². The second-order valence-corrected chi connectivity index (χ2v) is 5.90. The lowest BCUT2D eigenvalue weighted by molar-refractivity contribution is 0.275. The smallest absolute Gasteiger partial charge is 0.000834 e. The summed E-state index contributed by atoms with van der Waals surface area (Å²) in [5, 5.41) is 3.60. The molecule has 0 spiro atoms. The molecule has 1 unspecified atom stereocenters. The van der Waals surface area contributed by atoms with E-state index in [9.17, 15) is 0 Å². The number of hydrogen-bond acceptors (Lipinski definition) is 1. The molecule has 0 aliphatic heterocycles. The zero-order valence-electron chi connectivity index (χ0n) is 12.6. The Morgan fingerprint density at radius 1 is 1.17 bits per heavy atom. The van der Waals surface area contributed by atoms with E-state index in [0.717, 1.165) is 13.1 Å². The van der Waals surface area contributed by atoms with Gasteiger partial charge in [-0.3, -0.25) is 0 Å². The van der Waals surface area contributed by atoms with Gasteiger partial charge < -0.3 is 5.32 Å². The molecule has 1 nitrogen and oxygen atoms in total. The number of nitrogens with one attached hydrogen (secondary N) is 1. The van der Waals surface area contributed by atoms with Crippen LogP contribution in [-0.2, 0) is 6.42 Å². The molecule has 0 heterocycles. The van der Waals surface area contributed by atoms with Gasteiger partial charge in [0.1, 0.15) is 0 Å². The lowest BCUT2D eigenvalue weighted by atomic mass is 9.79. The molecule has 0 bridgehead atoms. The molecule has 0 aliphatic carbocycles. The molecule has 1 N–H and O–H groups in total. The molecule has 0 amide bonds. The highest BCUT2D eigenvalue weighted by molar-refractivity contribution is 5.23. The number of hydrogen-bond donors (Lipinski definition) is 1. The Kier molecular flexibility index (Phi) is 6.42. The van der Waals surface area contributed by atoms with Crippen LogP contribution >= 0.6 is 0 Å². The first-order valence-corrected chi connectivity index (χ1v) is 7.36. The fourth-order valence-corrected chi connectivity index (χ4v) is 2.72. The van der Waals surface area contributed by atoms with Crippen molar-refractivity contribution >= 4 is 0 Å². The third-order valence-electron chi connectivity index (χ3n) is 3.55. The van der Waals surface area contributed by atoms with Gasteiger partial charge in [-0.2, -0.15) is 0 Å². The summed E-state index contributed by atoms with van der Waals surface area (Å²) in [6.07, 6.45) is 4.94. The predicted octanol–water partition coefficient (Wildman–Crippen LogP) is 4.34. The first-order valence-electron chi connectivity index (χ1n) is 7.36. The van der Waals surface area contributed by atoms with E-state index in [2.05, 4.69) is 57.3 Å². The number of aryl methyl sites for hydroxylation is 1. The van der Waals surface area contributed by atoms with Crippen molar-refractivity contribution in [2.75, 3.05) is 13.1 Å². The molecule has 0 saturated heterocycles. The average molecular weight is 247 g/mol. The minimum Gasteiger partial charge on any atom is -0.316 e. The van der Waals surface area contributed by atoms with E-state index in [1.54, 1.807) is 0 Å². The van der Waals surface area contributed by atoms with Crippen molar-refractivity contribution in [1.82, 2.24) is 5.32 Å². The highest BCUT2D eigenvalue weighted by atomic mass is 14.9. The Labute approximate surface area is 113 Å². The minimum absolute atomic E-state index is 0.387. The second-order valence-electron chi connectivity index (χ2n) is 5.90. The van der Waals surface area contributed by atoms with Gasteiger partial charge in [0.05, 0.1) is 0 Å². The largest absolute Gasteiger partial charge is 0.316 e. The molecule has 1 heteroatoms. The van der Waals surface area contributed by atoms with Gasteiger partial charge in [0.15, 0.2) is 0 Å². The normalized spacial score (nSPS) is 14.4. The number of rotatable bonds is 8. The van der Waals surface area contributed by atoms with Gasteiger partial charge in [-0.15, -0.1) is 0 Å². The van der Waals surface area contributed by atoms with Crippen LogP contribution in [0.1, 0.15) is 51.2 Å². The van der Waals surface area contributed by atoms with Crippen molar-refractivity contribution in [1.29, 1.82) is 0 Å². The monoisotopic (exact) mass is 247 g/mol. The van der Waals surface area contributed by atoms with Crippen LogP contribution in [0.4, 0.5) is 0 Å². The van der Waals surface area contributed by atoms with Gasteiger partial charge in [0.2, 0.25) is 0 Å². The third kappa shape index (κ3) is 5.22. The van der Waals surface area contributed by atoms with Crippen LogP contribution < -0.4 is 5.32 Å². The van der Waals surface area contributed by atoms with Crippen molar-refractivity contribution in [3.63, 3.8) is 0 Å². The minimum atomic E-state index is 0.387. The average Bonchev–Trinajstić information content (AvgIpc) is 2.29. The summed E-state index contributed by atoms with van der Waals surface area (Å²) in [4.78, 5) is 0. The maximum absolute atomic E-state index is 3.60. The fourth-order valence-electron chi connectivity index (χ4n) is 2.72. The second kappa shape index (κ2) is 7.58. The standard InChI is InChI=1S/C17H29N/c1-5-10-17(4,14-18-11-6-2)13-16-9-7-8-15(3)12-16/h7-9,12,18H,5-6,10-11,13-14H2,1-4H3. The van der Waals surface area contributed by atoms with Crippen LogP contribution in [0.5, 0.6) is 0 Å². The van der Waals surface area contributed by atoms with E-state index in [-0.39, 0.29) is 0 Å². The highest BCUT2D eigenvalue weighted by Gasteiger charge is 2.23. The molecule has 0 fully saturated rings. The van der Waals surface area contributed by atoms with Gasteiger partial charge in [-0.1, -0.05) is 57.0 Å². The summed E-state index contributed by atoms with van der Waals surface area (Å²) in [7, 11) is 0. The maximum atomic E-state index is 3.60. The van der Waals surface area contributed by atoms with Crippen LogP contribution in [0.15, 0.2) is 24.3 Å². The summed E-state index contributed by atoms with van der Waals surface area (Å²) >= 11 is 0. The Hall–Kier alpha value is -0.820. The summed E-state index contributed by atoms with van der Waals surface area (Å²) in [6.45, 7) is 11.4. The summed E-state index contributed by atoms with van der Waals surface area (Å²) in [5.74, 6) is 0. The summed E-state index contributed by atoms with van der Waals surface area (Å²) in [5.41, 5.74) is 3.23. The third-order valence-corrected chi connectivity index (χ3v) is 3.55. The van der Waals surface area contributed by atoms with Crippen LogP contribution in [0.2, 0.25) is 0 Å². The van der Waals surface area contributed by atoms with Crippen molar-refractivity contribution in [3.05, 3.63) is 35.4 Å². The zero-order chi connectivity index (χ0) is 13.4. The molecule has 1 atom stereocenters. The van der Waals surface area contributed by atoms with E-state index in [1.807, 2.05) is 0 Å². The molecule has 1 aromatic rings. The molecule has 1 aromatic carbocycles. The van der Waals surface area contributed by atoms with Crippen LogP contribution in [0.3, 0.4) is 0 Å². The Balaban J connectivity index is 2.65. The van der Waals surface area contributed by atoms with Gasteiger partial charge in [0, 0.05) is 6.54 Å². The SMILES string of the molecule is CCCNCC(C)(CCC)Cc1cccc(C)c1. The van der Waals surface area contributed by atoms with E-state index in [4.69, 9.17) is 0 Å². The van der Waals surface area contributed by atoms with Gasteiger partial charge in [-0.25, -0.2) is 0 Å².